The molecule has 8 nitrogen and oxygen atoms in total. The summed E-state index contributed by atoms with van der Waals surface area (Å²) < 4.78 is 23.8. The molecule has 0 aromatic heterocycles. The van der Waals surface area contributed by atoms with E-state index in [1.807, 2.05) is 27.2 Å². The highest BCUT2D eigenvalue weighted by Crippen LogP contribution is 2.43. The zero-order valence-electron chi connectivity index (χ0n) is 56.5. The van der Waals surface area contributed by atoms with Gasteiger partial charge >= 0.3 is 7.82 Å². The summed E-state index contributed by atoms with van der Waals surface area (Å²) in [6.07, 6.45) is 100. The Kier molecular flexibility index (Phi) is 63.5. The summed E-state index contributed by atoms with van der Waals surface area (Å²) >= 11 is 0. The largest absolute Gasteiger partial charge is 0.472 e. The molecule has 0 bridgehead atoms. The standard InChI is InChI=1S/C77H135N2O6P/c1-6-8-10-12-14-16-18-20-22-24-26-28-30-32-34-36-37-38-39-40-41-43-45-47-49-51-53-55-57-59-61-63-65-67-69-71-77(81)78-75(74-85-86(82,83)84-73-72-79(3,4)5)76(80)70-68-66-64-62-60-58-56-54-52-50-48-46-44-42-35-33-31-29-27-25-23-21-19-17-15-13-11-9-7-2/h8,10,14,16,20,22,26,28,32,34,37-38,40-41,45,47,51,53,57,59,68,70,75-76,80H,6-7,9,11-13,15,17-19,21,23-25,27,29-31,33,35-36,39,42-44,46,48-50,52,54-56,58,60-67,69,71-74H2,1-5H3,(H-,78,81,82,83)/p+1/b10-8-,16-14-,22-20-,28-26-,34-32-,38-37-,41-40-,47-45-,53-51-,59-57-,70-68+. The van der Waals surface area contributed by atoms with Gasteiger partial charge in [0, 0.05) is 6.42 Å². The first-order valence-electron chi connectivity index (χ1n) is 35.6. The van der Waals surface area contributed by atoms with Gasteiger partial charge in [-0.15, -0.1) is 0 Å². The van der Waals surface area contributed by atoms with Gasteiger partial charge in [-0.05, 0) is 96.3 Å². The number of rotatable bonds is 64. The van der Waals surface area contributed by atoms with E-state index in [2.05, 4.69) is 141 Å². The van der Waals surface area contributed by atoms with Gasteiger partial charge in [-0.2, -0.15) is 0 Å². The zero-order chi connectivity index (χ0) is 62.6. The second kappa shape index (κ2) is 66.1. The van der Waals surface area contributed by atoms with Gasteiger partial charge in [0.15, 0.2) is 0 Å². The number of hydrogen-bond acceptors (Lipinski definition) is 5. The van der Waals surface area contributed by atoms with Crippen LogP contribution in [-0.2, 0) is 18.4 Å². The van der Waals surface area contributed by atoms with Gasteiger partial charge in [-0.3, -0.25) is 13.8 Å². The fourth-order valence-electron chi connectivity index (χ4n) is 9.90. The molecule has 0 aromatic carbocycles. The molecule has 0 aromatic rings. The molecule has 494 valence electrons. The average Bonchev–Trinajstić information content (AvgIpc) is 3.70. The molecule has 0 aliphatic carbocycles. The molecular formula is C77H136N2O6P+. The number of phosphoric ester groups is 1. The third kappa shape index (κ3) is 68.1. The number of carbonyl (C=O) groups is 1. The molecule has 1 amide bonds. The molecule has 0 radical (unpaired) electrons. The first-order valence-corrected chi connectivity index (χ1v) is 37.1. The van der Waals surface area contributed by atoms with Crippen LogP contribution >= 0.6 is 7.82 Å². The molecule has 0 heterocycles. The zero-order valence-corrected chi connectivity index (χ0v) is 57.4. The Labute approximate surface area is 532 Å². The molecule has 0 aliphatic heterocycles. The van der Waals surface area contributed by atoms with Crippen molar-refractivity contribution < 1.29 is 32.9 Å². The topological polar surface area (TPSA) is 105 Å². The molecule has 3 unspecified atom stereocenters. The Hall–Kier alpha value is -3.36. The Morgan fingerprint density at radius 1 is 0.407 bits per heavy atom. The van der Waals surface area contributed by atoms with Gasteiger partial charge in [-0.25, -0.2) is 4.57 Å². The minimum atomic E-state index is -4.37. The van der Waals surface area contributed by atoms with Crippen molar-refractivity contribution in [3.8, 4) is 0 Å². The number of amides is 1. The lowest BCUT2D eigenvalue weighted by Crippen LogP contribution is -2.45. The molecule has 0 saturated carbocycles. The third-order valence-electron chi connectivity index (χ3n) is 15.4. The first-order chi connectivity index (χ1) is 42.0. The van der Waals surface area contributed by atoms with Crippen molar-refractivity contribution in [2.24, 2.45) is 0 Å². The predicted octanol–water partition coefficient (Wildman–Crippen LogP) is 23.0. The summed E-state index contributed by atoms with van der Waals surface area (Å²) in [5.41, 5.74) is 0. The lowest BCUT2D eigenvalue weighted by molar-refractivity contribution is -0.870. The minimum absolute atomic E-state index is 0.0495. The number of phosphoric acid groups is 1. The van der Waals surface area contributed by atoms with Crippen LogP contribution in [-0.4, -0.2) is 73.4 Å². The van der Waals surface area contributed by atoms with Crippen LogP contribution < -0.4 is 5.32 Å². The van der Waals surface area contributed by atoms with Crippen LogP contribution in [0.4, 0.5) is 0 Å². The number of quaternary nitrogens is 1. The molecule has 3 N–H and O–H groups in total. The monoisotopic (exact) mass is 1220 g/mol. The van der Waals surface area contributed by atoms with E-state index < -0.39 is 20.0 Å². The Morgan fingerprint density at radius 2 is 0.698 bits per heavy atom. The van der Waals surface area contributed by atoms with E-state index in [9.17, 15) is 19.4 Å². The molecule has 0 rings (SSSR count). The van der Waals surface area contributed by atoms with Crippen molar-refractivity contribution in [2.75, 3.05) is 40.9 Å². The van der Waals surface area contributed by atoms with E-state index in [1.54, 1.807) is 6.08 Å². The van der Waals surface area contributed by atoms with E-state index in [0.717, 1.165) is 116 Å². The number of carbonyl (C=O) groups excluding carboxylic acids is 1. The lowest BCUT2D eigenvalue weighted by atomic mass is 10.0. The normalized spacial score (nSPS) is 14.5. The summed E-state index contributed by atoms with van der Waals surface area (Å²) in [6.45, 7) is 4.70. The molecular weight excluding hydrogens is 1080 g/mol. The maximum absolute atomic E-state index is 13.1. The maximum atomic E-state index is 13.1. The molecule has 0 fully saturated rings. The second-order valence-electron chi connectivity index (χ2n) is 24.9. The fourth-order valence-corrected chi connectivity index (χ4v) is 10.6. The van der Waals surface area contributed by atoms with Crippen LogP contribution in [0.3, 0.4) is 0 Å². The van der Waals surface area contributed by atoms with Gasteiger partial charge < -0.3 is 19.8 Å². The van der Waals surface area contributed by atoms with E-state index in [1.165, 1.54) is 161 Å². The highest BCUT2D eigenvalue weighted by atomic mass is 31.2. The van der Waals surface area contributed by atoms with E-state index in [0.29, 0.717) is 17.4 Å². The number of allylic oxidation sites excluding steroid dienone is 21. The number of hydrogen-bond donors (Lipinski definition) is 3. The van der Waals surface area contributed by atoms with Crippen LogP contribution in [0.5, 0.6) is 0 Å². The van der Waals surface area contributed by atoms with Crippen molar-refractivity contribution in [3.05, 3.63) is 134 Å². The highest BCUT2D eigenvalue weighted by Gasteiger charge is 2.28. The van der Waals surface area contributed by atoms with Gasteiger partial charge in [0.25, 0.3) is 0 Å². The number of nitrogens with one attached hydrogen (secondary N) is 1. The Balaban J connectivity index is 4.20. The van der Waals surface area contributed by atoms with Gasteiger partial charge in [0.1, 0.15) is 13.2 Å². The average molecular weight is 1220 g/mol. The molecule has 3 atom stereocenters. The van der Waals surface area contributed by atoms with Crippen LogP contribution in [0, 0.1) is 0 Å². The molecule has 86 heavy (non-hydrogen) atoms. The summed E-state index contributed by atoms with van der Waals surface area (Å²) in [5, 5.41) is 14.0. The van der Waals surface area contributed by atoms with Gasteiger partial charge in [-0.1, -0.05) is 327 Å². The van der Waals surface area contributed by atoms with Gasteiger partial charge in [0.2, 0.25) is 5.91 Å². The van der Waals surface area contributed by atoms with Crippen LogP contribution in [0.1, 0.15) is 296 Å². The SMILES string of the molecule is CC/C=C\C/C=C\C/C=C\C/C=C\C/C=C\C/C=C\C/C=C\C/C=C\C/C=C\C/C=C\CCCCCCC(=O)NC(COP(=O)(O)OCC[N+](C)(C)C)C(O)/C=C/CCCCCCCCCCCCCCCCCCCCCCCCCCCCC. The van der Waals surface area contributed by atoms with E-state index >= 15 is 0 Å². The minimum Gasteiger partial charge on any atom is -0.387 e. The Morgan fingerprint density at radius 3 is 1.02 bits per heavy atom. The number of nitrogens with zero attached hydrogens (tertiary/aromatic N) is 1. The predicted molar refractivity (Wildman–Crippen MR) is 378 cm³/mol. The van der Waals surface area contributed by atoms with Crippen LogP contribution in [0.2, 0.25) is 0 Å². The summed E-state index contributed by atoms with van der Waals surface area (Å²) in [7, 11) is 1.54. The number of aliphatic hydroxyl groups is 1. The van der Waals surface area contributed by atoms with E-state index in [-0.39, 0.29) is 19.1 Å². The Bertz CT molecular complexity index is 1870. The molecule has 9 heteroatoms. The van der Waals surface area contributed by atoms with Crippen LogP contribution in [0.15, 0.2) is 134 Å². The quantitative estimate of drug-likeness (QED) is 0.0243. The molecule has 0 saturated heterocycles. The fraction of sp³-hybridized carbons (Fsp3) is 0.701. The maximum Gasteiger partial charge on any atom is 0.472 e. The summed E-state index contributed by atoms with van der Waals surface area (Å²) in [4.78, 5) is 23.4. The lowest BCUT2D eigenvalue weighted by Gasteiger charge is -2.25. The van der Waals surface area contributed by atoms with Crippen molar-refractivity contribution in [2.45, 2.75) is 309 Å². The number of unbranched alkanes of at least 4 members (excludes halogenated alkanes) is 31. The first kappa shape index (κ1) is 82.6. The van der Waals surface area contributed by atoms with Crippen LogP contribution in [0.25, 0.3) is 0 Å². The third-order valence-corrected chi connectivity index (χ3v) is 16.4. The van der Waals surface area contributed by atoms with Gasteiger partial charge in [0.05, 0.1) is 39.9 Å². The number of aliphatic hydroxyl groups excluding tert-OH is 1. The second-order valence-corrected chi connectivity index (χ2v) is 26.3. The summed E-state index contributed by atoms with van der Waals surface area (Å²) in [5.74, 6) is -0.204. The van der Waals surface area contributed by atoms with Crippen molar-refractivity contribution >= 4 is 13.7 Å². The van der Waals surface area contributed by atoms with Crippen molar-refractivity contribution in [1.82, 2.24) is 5.32 Å². The van der Waals surface area contributed by atoms with Crippen molar-refractivity contribution in [1.29, 1.82) is 0 Å². The summed E-state index contributed by atoms with van der Waals surface area (Å²) in [6, 6.07) is -0.873. The smallest absolute Gasteiger partial charge is 0.387 e. The van der Waals surface area contributed by atoms with E-state index in [4.69, 9.17) is 9.05 Å². The molecule has 0 spiro atoms. The van der Waals surface area contributed by atoms with Crippen molar-refractivity contribution in [3.63, 3.8) is 0 Å². The number of likely N-dealkylation sites (N-methyl/N-ethyl adjacent to an activating group) is 1. The molecule has 0 aliphatic rings. The highest BCUT2D eigenvalue weighted by molar-refractivity contribution is 7.47.